The second-order valence-electron chi connectivity index (χ2n) is 4.48. The van der Waals surface area contributed by atoms with Crippen LogP contribution in [0.2, 0.25) is 0 Å². The zero-order chi connectivity index (χ0) is 12.4. The van der Waals surface area contributed by atoms with E-state index >= 15 is 0 Å². The van der Waals surface area contributed by atoms with E-state index in [0.717, 1.165) is 23.2 Å². The molecule has 3 rings (SSSR count). The summed E-state index contributed by atoms with van der Waals surface area (Å²) in [5.74, 6) is 0.847. The zero-order valence-electron chi connectivity index (χ0n) is 10.0. The lowest BCUT2D eigenvalue weighted by atomic mass is 10.0. The van der Waals surface area contributed by atoms with E-state index in [1.165, 1.54) is 5.56 Å². The van der Waals surface area contributed by atoms with E-state index in [2.05, 4.69) is 12.1 Å². The Morgan fingerprint density at radius 2 is 1.67 bits per heavy atom. The van der Waals surface area contributed by atoms with Crippen LogP contribution in [-0.2, 0) is 6.42 Å². The van der Waals surface area contributed by atoms with Gasteiger partial charge in [0, 0.05) is 5.39 Å². The number of hydrogen-bond acceptors (Lipinski definition) is 2. The number of para-hydroxylation sites is 1. The molecule has 0 unspecified atom stereocenters. The van der Waals surface area contributed by atoms with Crippen molar-refractivity contribution in [2.75, 3.05) is 0 Å². The molecule has 1 heterocycles. The van der Waals surface area contributed by atoms with Gasteiger partial charge in [0.25, 0.3) is 0 Å². The van der Waals surface area contributed by atoms with E-state index in [0.29, 0.717) is 0 Å². The quantitative estimate of drug-likeness (QED) is 0.754. The van der Waals surface area contributed by atoms with E-state index in [4.69, 9.17) is 10.2 Å². The summed E-state index contributed by atoms with van der Waals surface area (Å²) in [5.41, 5.74) is 8.32. The lowest BCUT2D eigenvalue weighted by Crippen LogP contribution is -2.12. The van der Waals surface area contributed by atoms with Crippen LogP contribution in [0, 0.1) is 0 Å². The molecule has 0 bridgehead atoms. The molecule has 0 amide bonds. The molecule has 0 aliphatic heterocycles. The van der Waals surface area contributed by atoms with Gasteiger partial charge in [-0.1, -0.05) is 48.5 Å². The third-order valence-electron chi connectivity index (χ3n) is 3.11. The Balaban J connectivity index is 1.86. The van der Waals surface area contributed by atoms with Crippen LogP contribution < -0.4 is 5.73 Å². The standard InChI is InChI=1S/C16H15NO/c17-14(10-12-6-2-1-3-7-12)16-11-13-8-4-5-9-15(13)18-16/h1-9,11,14H,10,17H2/t14-/m0/s1. The maximum atomic E-state index is 6.20. The molecular weight excluding hydrogens is 222 g/mol. The SMILES string of the molecule is N[C@@H](Cc1ccccc1)c1cc2ccccc2o1. The molecule has 0 spiro atoms. The van der Waals surface area contributed by atoms with Crippen molar-refractivity contribution in [1.82, 2.24) is 0 Å². The van der Waals surface area contributed by atoms with E-state index in [9.17, 15) is 0 Å². The first-order valence-corrected chi connectivity index (χ1v) is 6.11. The monoisotopic (exact) mass is 237 g/mol. The van der Waals surface area contributed by atoms with Gasteiger partial charge in [-0.25, -0.2) is 0 Å². The zero-order valence-corrected chi connectivity index (χ0v) is 10.0. The van der Waals surface area contributed by atoms with Crippen LogP contribution >= 0.6 is 0 Å². The fraction of sp³-hybridized carbons (Fsp3) is 0.125. The molecule has 0 saturated heterocycles. The fourth-order valence-electron chi connectivity index (χ4n) is 2.15. The molecule has 0 radical (unpaired) electrons. The predicted octanol–water partition coefficient (Wildman–Crippen LogP) is 3.68. The summed E-state index contributed by atoms with van der Waals surface area (Å²) in [6.07, 6.45) is 0.792. The Kier molecular flexibility index (Phi) is 2.87. The van der Waals surface area contributed by atoms with Crippen molar-refractivity contribution >= 4 is 11.0 Å². The molecule has 0 fully saturated rings. The predicted molar refractivity (Wildman–Crippen MR) is 73.3 cm³/mol. The molecule has 2 nitrogen and oxygen atoms in total. The van der Waals surface area contributed by atoms with Crippen molar-refractivity contribution < 1.29 is 4.42 Å². The largest absolute Gasteiger partial charge is 0.459 e. The molecule has 1 atom stereocenters. The molecule has 2 aromatic carbocycles. The maximum absolute atomic E-state index is 6.20. The summed E-state index contributed by atoms with van der Waals surface area (Å²) >= 11 is 0. The van der Waals surface area contributed by atoms with Crippen molar-refractivity contribution in [2.24, 2.45) is 5.73 Å². The molecular formula is C16H15NO. The summed E-state index contributed by atoms with van der Waals surface area (Å²) in [6.45, 7) is 0. The Bertz CT molecular complexity index is 609. The summed E-state index contributed by atoms with van der Waals surface area (Å²) in [5, 5.41) is 1.11. The number of hydrogen-bond donors (Lipinski definition) is 1. The minimum absolute atomic E-state index is 0.0974. The molecule has 18 heavy (non-hydrogen) atoms. The van der Waals surface area contributed by atoms with Crippen LogP contribution in [0.5, 0.6) is 0 Å². The van der Waals surface area contributed by atoms with Gasteiger partial charge in [-0.05, 0) is 24.1 Å². The number of rotatable bonds is 3. The lowest BCUT2D eigenvalue weighted by Gasteiger charge is -2.08. The highest BCUT2D eigenvalue weighted by atomic mass is 16.3. The van der Waals surface area contributed by atoms with Crippen molar-refractivity contribution in [1.29, 1.82) is 0 Å². The van der Waals surface area contributed by atoms with Crippen LogP contribution in [0.15, 0.2) is 65.1 Å². The van der Waals surface area contributed by atoms with E-state index in [1.807, 2.05) is 48.5 Å². The number of furan rings is 1. The first-order valence-electron chi connectivity index (χ1n) is 6.11. The van der Waals surface area contributed by atoms with Gasteiger partial charge in [0.1, 0.15) is 11.3 Å². The van der Waals surface area contributed by atoms with Gasteiger partial charge in [-0.15, -0.1) is 0 Å². The first kappa shape index (κ1) is 11.1. The van der Waals surface area contributed by atoms with Crippen molar-refractivity contribution in [2.45, 2.75) is 12.5 Å². The summed E-state index contributed by atoms with van der Waals surface area (Å²) in [6, 6.07) is 20.2. The molecule has 0 aliphatic carbocycles. The smallest absolute Gasteiger partial charge is 0.134 e. The van der Waals surface area contributed by atoms with Crippen LogP contribution in [-0.4, -0.2) is 0 Å². The number of benzene rings is 2. The highest BCUT2D eigenvalue weighted by Crippen LogP contribution is 2.24. The van der Waals surface area contributed by atoms with E-state index < -0.39 is 0 Å². The van der Waals surface area contributed by atoms with Crippen molar-refractivity contribution in [3.8, 4) is 0 Å². The fourth-order valence-corrected chi connectivity index (χ4v) is 2.15. The molecule has 1 aromatic heterocycles. The summed E-state index contributed by atoms with van der Waals surface area (Å²) in [7, 11) is 0. The van der Waals surface area contributed by atoms with Crippen molar-refractivity contribution in [3.63, 3.8) is 0 Å². The van der Waals surface area contributed by atoms with Crippen LogP contribution in [0.25, 0.3) is 11.0 Å². The Morgan fingerprint density at radius 3 is 2.44 bits per heavy atom. The van der Waals surface area contributed by atoms with E-state index in [1.54, 1.807) is 0 Å². The highest BCUT2D eigenvalue weighted by molar-refractivity contribution is 5.77. The number of nitrogens with two attached hydrogens (primary N) is 1. The van der Waals surface area contributed by atoms with Crippen LogP contribution in [0.4, 0.5) is 0 Å². The Morgan fingerprint density at radius 1 is 0.944 bits per heavy atom. The Labute approximate surface area is 106 Å². The summed E-state index contributed by atoms with van der Waals surface area (Å²) in [4.78, 5) is 0. The second-order valence-corrected chi connectivity index (χ2v) is 4.48. The molecule has 2 N–H and O–H groups in total. The normalized spacial score (nSPS) is 12.7. The summed E-state index contributed by atoms with van der Waals surface area (Å²) < 4.78 is 5.78. The minimum atomic E-state index is -0.0974. The molecule has 90 valence electrons. The maximum Gasteiger partial charge on any atom is 0.134 e. The third kappa shape index (κ3) is 2.15. The van der Waals surface area contributed by atoms with Gasteiger partial charge in [-0.2, -0.15) is 0 Å². The first-order chi connectivity index (χ1) is 8.83. The second kappa shape index (κ2) is 4.67. The van der Waals surface area contributed by atoms with Crippen LogP contribution in [0.1, 0.15) is 17.4 Å². The van der Waals surface area contributed by atoms with E-state index in [-0.39, 0.29) is 6.04 Å². The third-order valence-corrected chi connectivity index (χ3v) is 3.11. The molecule has 0 aliphatic rings. The van der Waals surface area contributed by atoms with Gasteiger partial charge in [-0.3, -0.25) is 0 Å². The van der Waals surface area contributed by atoms with Gasteiger partial charge < -0.3 is 10.2 Å². The highest BCUT2D eigenvalue weighted by Gasteiger charge is 2.12. The minimum Gasteiger partial charge on any atom is -0.459 e. The molecule has 0 saturated carbocycles. The number of fused-ring (bicyclic) bond motifs is 1. The van der Waals surface area contributed by atoms with Gasteiger partial charge in [0.15, 0.2) is 0 Å². The lowest BCUT2D eigenvalue weighted by molar-refractivity contribution is 0.494. The average molecular weight is 237 g/mol. The van der Waals surface area contributed by atoms with Gasteiger partial charge in [0.05, 0.1) is 6.04 Å². The van der Waals surface area contributed by atoms with Gasteiger partial charge >= 0.3 is 0 Å². The molecule has 3 aromatic rings. The molecule has 2 heteroatoms. The average Bonchev–Trinajstić information content (AvgIpc) is 2.84. The van der Waals surface area contributed by atoms with Crippen LogP contribution in [0.3, 0.4) is 0 Å². The van der Waals surface area contributed by atoms with Gasteiger partial charge in [0.2, 0.25) is 0 Å². The van der Waals surface area contributed by atoms with Crippen molar-refractivity contribution in [3.05, 3.63) is 72.0 Å². The topological polar surface area (TPSA) is 39.2 Å². The Hall–Kier alpha value is -2.06.